The van der Waals surface area contributed by atoms with E-state index in [2.05, 4.69) is 5.32 Å². The summed E-state index contributed by atoms with van der Waals surface area (Å²) in [5.74, 6) is -4.87. The van der Waals surface area contributed by atoms with Crippen LogP contribution in [0.25, 0.3) is 0 Å². The number of aldehydes is 1. The van der Waals surface area contributed by atoms with Gasteiger partial charge in [0, 0.05) is 12.5 Å². The highest BCUT2D eigenvalue weighted by Gasteiger charge is 2.42. The molecule has 12 nitrogen and oxygen atoms in total. The molecule has 0 bridgehead atoms. The van der Waals surface area contributed by atoms with Gasteiger partial charge in [-0.2, -0.15) is 0 Å². The summed E-state index contributed by atoms with van der Waals surface area (Å²) in [4.78, 5) is 89.1. The number of aliphatic carboxylic acids is 1. The Hall–Kier alpha value is -4.87. The second kappa shape index (κ2) is 11.9. The first-order valence-corrected chi connectivity index (χ1v) is 11.6. The molecular weight excluding hydrogens is 496 g/mol. The minimum Gasteiger partial charge on any atom is -0.481 e. The molecular formula is C26H26N4O8. The summed E-state index contributed by atoms with van der Waals surface area (Å²) in [6.45, 7) is 1.88. The first kappa shape index (κ1) is 27.7. The Morgan fingerprint density at radius 3 is 2.18 bits per heavy atom. The molecule has 1 aliphatic heterocycles. The second-order valence-electron chi connectivity index (χ2n) is 8.58. The van der Waals surface area contributed by atoms with Crippen LogP contribution in [-0.2, 0) is 28.8 Å². The number of carbonyl (C=O) groups excluding carboxylic acids is 6. The van der Waals surface area contributed by atoms with Crippen LogP contribution in [0.15, 0.2) is 54.6 Å². The van der Waals surface area contributed by atoms with Gasteiger partial charge in [-0.3, -0.25) is 28.8 Å². The van der Waals surface area contributed by atoms with Crippen molar-refractivity contribution < 1.29 is 38.7 Å². The number of nitrogens with zero attached hydrogens (tertiary/aromatic N) is 3. The highest BCUT2D eigenvalue weighted by atomic mass is 16.4. The van der Waals surface area contributed by atoms with Gasteiger partial charge in [-0.05, 0) is 31.2 Å². The van der Waals surface area contributed by atoms with Gasteiger partial charge in [0.1, 0.15) is 24.2 Å². The fourth-order valence-corrected chi connectivity index (χ4v) is 4.10. The molecule has 2 atom stereocenters. The molecule has 0 unspecified atom stereocenters. The lowest BCUT2D eigenvalue weighted by Gasteiger charge is -2.38. The van der Waals surface area contributed by atoms with E-state index in [-0.39, 0.29) is 23.2 Å². The van der Waals surface area contributed by atoms with Crippen LogP contribution in [0.3, 0.4) is 0 Å². The van der Waals surface area contributed by atoms with Gasteiger partial charge >= 0.3 is 5.97 Å². The zero-order valence-corrected chi connectivity index (χ0v) is 20.7. The zero-order valence-electron chi connectivity index (χ0n) is 20.7. The van der Waals surface area contributed by atoms with Crippen molar-refractivity contribution in [3.8, 4) is 0 Å². The summed E-state index contributed by atoms with van der Waals surface area (Å²) in [5, 5.41) is 13.4. The molecule has 0 fully saturated rings. The fraction of sp³-hybridized carbons (Fsp3) is 0.269. The topological polar surface area (TPSA) is 161 Å². The maximum absolute atomic E-state index is 14.0. The standard InChI is InChI=1S/C26H26N4O8/c1-16(32)12-23(34)28-14-20(27-25(37)18-8-4-3-5-9-18)26(38)30(22-11-7-6-10-21(22)28)29(17(2)33)19(15-31)13-24(35)36/h3-11,15,19-20H,12-14H2,1-2H3,(H,27,37)(H,35,36)/t19-,20-/m0/s1. The number of nitrogens with one attached hydrogen (secondary N) is 1. The molecule has 1 aliphatic rings. The molecule has 0 spiro atoms. The lowest BCUT2D eigenvalue weighted by molar-refractivity contribution is -0.145. The number of Topliss-reactive ketones (excluding diaryl/α,β-unsaturated/α-hetero) is 1. The molecule has 38 heavy (non-hydrogen) atoms. The Morgan fingerprint density at radius 1 is 1.03 bits per heavy atom. The molecule has 198 valence electrons. The van der Waals surface area contributed by atoms with Gasteiger partial charge < -0.3 is 20.1 Å². The van der Waals surface area contributed by atoms with Gasteiger partial charge in [-0.1, -0.05) is 30.3 Å². The Bertz CT molecular complexity index is 1280. The van der Waals surface area contributed by atoms with Crippen LogP contribution < -0.4 is 15.2 Å². The average molecular weight is 523 g/mol. The maximum atomic E-state index is 14.0. The van der Waals surface area contributed by atoms with Gasteiger partial charge in [0.25, 0.3) is 11.8 Å². The normalized spacial score (nSPS) is 15.5. The van der Waals surface area contributed by atoms with Crippen LogP contribution in [0.5, 0.6) is 0 Å². The number of fused-ring (bicyclic) bond motifs is 1. The number of carboxylic acid groups (broad SMARTS) is 1. The number of carbonyl (C=O) groups is 7. The number of carboxylic acids is 1. The Morgan fingerprint density at radius 2 is 1.63 bits per heavy atom. The minimum atomic E-state index is -1.58. The molecule has 12 heteroatoms. The van der Waals surface area contributed by atoms with Crippen LogP contribution in [0.1, 0.15) is 37.0 Å². The highest BCUT2D eigenvalue weighted by Crippen LogP contribution is 2.35. The van der Waals surface area contributed by atoms with Gasteiger partial charge in [0.2, 0.25) is 11.8 Å². The molecule has 2 aromatic carbocycles. The molecule has 0 saturated heterocycles. The smallest absolute Gasteiger partial charge is 0.305 e. The lowest BCUT2D eigenvalue weighted by atomic mass is 10.1. The fourth-order valence-electron chi connectivity index (χ4n) is 4.10. The van der Waals surface area contributed by atoms with E-state index in [0.29, 0.717) is 5.01 Å². The minimum absolute atomic E-state index is 0.0155. The first-order chi connectivity index (χ1) is 18.0. The van der Waals surface area contributed by atoms with E-state index in [1.165, 1.54) is 37.3 Å². The Kier molecular flexibility index (Phi) is 8.69. The third kappa shape index (κ3) is 6.09. The van der Waals surface area contributed by atoms with Crippen molar-refractivity contribution in [3.63, 3.8) is 0 Å². The van der Waals surface area contributed by atoms with Crippen molar-refractivity contribution >= 4 is 53.0 Å². The number of anilines is 2. The highest BCUT2D eigenvalue weighted by molar-refractivity contribution is 6.12. The van der Waals surface area contributed by atoms with E-state index < -0.39 is 66.9 Å². The summed E-state index contributed by atoms with van der Waals surface area (Å²) >= 11 is 0. The lowest BCUT2D eigenvalue weighted by Crippen LogP contribution is -2.61. The Balaban J connectivity index is 2.19. The van der Waals surface area contributed by atoms with Crippen LogP contribution in [0.2, 0.25) is 0 Å². The summed E-state index contributed by atoms with van der Waals surface area (Å²) in [7, 11) is 0. The van der Waals surface area contributed by atoms with Crippen LogP contribution in [0, 0.1) is 0 Å². The van der Waals surface area contributed by atoms with Gasteiger partial charge in [-0.25, -0.2) is 10.0 Å². The number of para-hydroxylation sites is 2. The van der Waals surface area contributed by atoms with Crippen molar-refractivity contribution in [3.05, 3.63) is 60.2 Å². The number of hydrazine groups is 1. The Labute approximate surface area is 217 Å². The summed E-state index contributed by atoms with van der Waals surface area (Å²) < 4.78 is 0. The molecule has 2 N–H and O–H groups in total. The molecule has 0 saturated carbocycles. The second-order valence-corrected chi connectivity index (χ2v) is 8.58. The van der Waals surface area contributed by atoms with E-state index >= 15 is 0 Å². The van der Waals surface area contributed by atoms with Gasteiger partial charge in [0.05, 0.1) is 30.8 Å². The average Bonchev–Trinajstić information content (AvgIpc) is 2.98. The first-order valence-electron chi connectivity index (χ1n) is 11.6. The monoisotopic (exact) mass is 522 g/mol. The van der Waals surface area contributed by atoms with Crippen molar-refractivity contribution in [1.82, 2.24) is 10.3 Å². The molecule has 1 heterocycles. The number of hydrogen-bond acceptors (Lipinski definition) is 7. The van der Waals surface area contributed by atoms with E-state index in [1.807, 2.05) is 0 Å². The number of benzene rings is 2. The number of hydrogen-bond donors (Lipinski definition) is 2. The predicted octanol–water partition coefficient (Wildman–Crippen LogP) is 0.950. The molecule has 2 aromatic rings. The zero-order chi connectivity index (χ0) is 28.0. The summed E-state index contributed by atoms with van der Waals surface area (Å²) in [6, 6.07) is 10.9. The molecule has 0 radical (unpaired) electrons. The van der Waals surface area contributed by atoms with Crippen molar-refractivity contribution in [2.24, 2.45) is 0 Å². The number of ketones is 1. The van der Waals surface area contributed by atoms with Gasteiger partial charge in [0.15, 0.2) is 0 Å². The predicted molar refractivity (Wildman–Crippen MR) is 134 cm³/mol. The number of rotatable bonds is 9. The summed E-state index contributed by atoms with van der Waals surface area (Å²) in [6.07, 6.45) is -1.07. The van der Waals surface area contributed by atoms with Crippen LogP contribution >= 0.6 is 0 Å². The van der Waals surface area contributed by atoms with Crippen molar-refractivity contribution in [2.75, 3.05) is 16.5 Å². The quantitative estimate of drug-likeness (QED) is 0.363. The molecule has 4 amide bonds. The third-order valence-corrected chi connectivity index (χ3v) is 5.71. The van der Waals surface area contributed by atoms with E-state index in [1.54, 1.807) is 24.3 Å². The molecule has 0 aromatic heterocycles. The molecule has 3 rings (SSSR count). The van der Waals surface area contributed by atoms with Crippen LogP contribution in [0.4, 0.5) is 11.4 Å². The largest absolute Gasteiger partial charge is 0.481 e. The van der Waals surface area contributed by atoms with E-state index in [9.17, 15) is 38.7 Å². The maximum Gasteiger partial charge on any atom is 0.305 e. The molecule has 0 aliphatic carbocycles. The summed E-state index contributed by atoms with van der Waals surface area (Å²) in [5.41, 5.74) is 0.323. The third-order valence-electron chi connectivity index (χ3n) is 5.71. The van der Waals surface area contributed by atoms with E-state index in [4.69, 9.17) is 0 Å². The van der Waals surface area contributed by atoms with Gasteiger partial charge in [-0.15, -0.1) is 0 Å². The van der Waals surface area contributed by atoms with E-state index in [0.717, 1.165) is 16.8 Å². The van der Waals surface area contributed by atoms with Crippen molar-refractivity contribution in [1.29, 1.82) is 0 Å². The van der Waals surface area contributed by atoms with Crippen LogP contribution in [-0.4, -0.2) is 70.4 Å². The number of amides is 4. The van der Waals surface area contributed by atoms with Crippen molar-refractivity contribution in [2.45, 2.75) is 38.8 Å². The SMILES string of the molecule is CC(=O)CC(=O)N1C[C@H](NC(=O)c2ccccc2)C(=O)N(N(C(C)=O)[C@H](C=O)CC(=O)O)c2ccccc21.